The van der Waals surface area contributed by atoms with Crippen molar-refractivity contribution >= 4 is 68.4 Å². The van der Waals surface area contributed by atoms with Gasteiger partial charge >= 0.3 is 5.97 Å². The second kappa shape index (κ2) is 8.10. The van der Waals surface area contributed by atoms with E-state index in [0.29, 0.717) is 26.7 Å². The number of nitrogens with one attached hydrogen (secondary N) is 1. The van der Waals surface area contributed by atoms with Crippen molar-refractivity contribution in [2.75, 3.05) is 29.6 Å². The van der Waals surface area contributed by atoms with Crippen LogP contribution in [-0.2, 0) is 14.4 Å². The van der Waals surface area contributed by atoms with Gasteiger partial charge in [0.1, 0.15) is 35.6 Å². The Morgan fingerprint density at radius 2 is 2.42 bits per heavy atom. The maximum Gasteiger partial charge on any atom is 0.352 e. The maximum absolute atomic E-state index is 12.5. The van der Waals surface area contributed by atoms with Crippen molar-refractivity contribution in [3.63, 3.8) is 0 Å². The molecule has 0 unspecified atom stereocenters. The lowest BCUT2D eigenvalue weighted by Crippen LogP contribution is -2.70. The first kappa shape index (κ1) is 19.4. The van der Waals surface area contributed by atoms with E-state index in [1.807, 2.05) is 0 Å². The summed E-state index contributed by atoms with van der Waals surface area (Å²) in [6.07, 6.45) is 0. The van der Waals surface area contributed by atoms with Crippen LogP contribution in [0.1, 0.15) is 5.69 Å². The first-order valence-corrected chi connectivity index (χ1v) is 10.9. The number of anilines is 1. The predicted molar refractivity (Wildman–Crippen MR) is 109 cm³/mol. The Hall–Kier alpha value is -1.38. The number of rotatable bonds is 7. The Labute approximate surface area is 171 Å². The van der Waals surface area contributed by atoms with Crippen LogP contribution in [0.5, 0.6) is 0 Å². The Balaban J connectivity index is 1.71. The summed E-state index contributed by atoms with van der Waals surface area (Å²) in [6, 6.07) is -0.483. The molecule has 12 heteroatoms. The zero-order valence-electron chi connectivity index (χ0n) is 13.6. The number of halogens is 1. The molecule has 0 radical (unpaired) electrons. The Kier molecular flexibility index (Phi) is 6.04. The number of thioether (sulfide) groups is 1. The topological polar surface area (TPSA) is 130 Å². The maximum atomic E-state index is 12.5. The minimum atomic E-state index is -1.06. The number of aliphatic carboxylic acids is 1. The van der Waals surface area contributed by atoms with E-state index in [9.17, 15) is 14.7 Å². The molecule has 1 fully saturated rings. The van der Waals surface area contributed by atoms with Crippen LogP contribution < -0.4 is 11.1 Å². The number of carbonyl (C=O) groups excluding carboxylic acids is 1. The van der Waals surface area contributed by atoms with E-state index in [2.05, 4.69) is 38.0 Å². The van der Waals surface area contributed by atoms with Crippen LogP contribution in [0, 0.1) is 0 Å². The molecule has 1 saturated heterocycles. The molecule has 0 aromatic carbocycles. The first-order chi connectivity index (χ1) is 12.5. The van der Waals surface area contributed by atoms with Crippen molar-refractivity contribution in [1.82, 2.24) is 15.2 Å². The van der Waals surface area contributed by atoms with Gasteiger partial charge in [-0.1, -0.05) is 27.7 Å². The highest BCUT2D eigenvalue weighted by Gasteiger charge is 2.53. The van der Waals surface area contributed by atoms with Gasteiger partial charge in [0.25, 0.3) is 0 Å². The Morgan fingerprint density at radius 3 is 3.00 bits per heavy atom. The first-order valence-electron chi connectivity index (χ1n) is 7.48. The number of nitrogens with two attached hydrogens (primary N) is 1. The smallest absolute Gasteiger partial charge is 0.352 e. The highest BCUT2D eigenvalue weighted by atomic mass is 127. The lowest BCUT2D eigenvalue weighted by Gasteiger charge is -2.49. The molecule has 2 aliphatic heterocycles. The van der Waals surface area contributed by atoms with E-state index >= 15 is 0 Å². The summed E-state index contributed by atoms with van der Waals surface area (Å²) in [7, 11) is 1.43. The second-order valence-electron chi connectivity index (χ2n) is 5.45. The summed E-state index contributed by atoms with van der Waals surface area (Å²) in [6.45, 7) is 0.254. The van der Waals surface area contributed by atoms with Crippen molar-refractivity contribution < 1.29 is 19.5 Å². The molecule has 3 rings (SSSR count). The third-order valence-corrected chi connectivity index (χ3v) is 6.85. The molecular weight excluding hydrogens is 493 g/mol. The number of carboxylic acids is 1. The van der Waals surface area contributed by atoms with Crippen molar-refractivity contribution in [2.24, 2.45) is 5.16 Å². The Morgan fingerprint density at radius 1 is 1.65 bits per heavy atom. The van der Waals surface area contributed by atoms with Gasteiger partial charge in [0.05, 0.1) is 0 Å². The van der Waals surface area contributed by atoms with Crippen molar-refractivity contribution in [1.29, 1.82) is 0 Å². The summed E-state index contributed by atoms with van der Waals surface area (Å²) < 4.78 is 0.580. The standard InChI is InChI=1S/C14H16IN5O4S2/c1-24-19-7(8-5-26-14(16)18-8)3-17-9-11(21)20-10(13(22)23)6(2-15)4-25-12(9)20/h5,9,12,17H,2-4H2,1H3,(H2,16,18)(H,22,23)/b19-7+/t9-,12-/m1/s1. The summed E-state index contributed by atoms with van der Waals surface area (Å²) in [5.74, 6) is -0.719. The average Bonchev–Trinajstić information content (AvgIpc) is 3.05. The highest BCUT2D eigenvalue weighted by Crippen LogP contribution is 2.40. The van der Waals surface area contributed by atoms with Gasteiger partial charge in [0.2, 0.25) is 5.91 Å². The van der Waals surface area contributed by atoms with Crippen LogP contribution in [0.4, 0.5) is 5.13 Å². The van der Waals surface area contributed by atoms with Gasteiger partial charge < -0.3 is 15.7 Å². The lowest BCUT2D eigenvalue weighted by molar-refractivity contribution is -0.149. The summed E-state index contributed by atoms with van der Waals surface area (Å²) in [5.41, 5.74) is 7.64. The third kappa shape index (κ3) is 3.54. The van der Waals surface area contributed by atoms with Gasteiger partial charge in [-0.25, -0.2) is 9.78 Å². The molecule has 26 heavy (non-hydrogen) atoms. The fourth-order valence-corrected chi connectivity index (χ4v) is 5.69. The number of nitrogen functional groups attached to an aromatic ring is 1. The minimum Gasteiger partial charge on any atom is -0.477 e. The normalized spacial score (nSPS) is 22.9. The van der Waals surface area contributed by atoms with Crippen LogP contribution in [-0.4, -0.2) is 67.8 Å². The van der Waals surface area contributed by atoms with Gasteiger partial charge in [-0.05, 0) is 5.57 Å². The molecular formula is C14H16IN5O4S2. The largest absolute Gasteiger partial charge is 0.477 e. The molecule has 140 valence electrons. The minimum absolute atomic E-state index is 0.115. The molecule has 2 atom stereocenters. The summed E-state index contributed by atoms with van der Waals surface area (Å²) >= 11 is 4.96. The average molecular weight is 509 g/mol. The second-order valence-corrected chi connectivity index (χ2v) is 8.21. The molecule has 0 bridgehead atoms. The lowest BCUT2D eigenvalue weighted by atomic mass is 10.0. The van der Waals surface area contributed by atoms with Gasteiger partial charge in [-0.2, -0.15) is 0 Å². The number of thiazole rings is 1. The van der Waals surface area contributed by atoms with E-state index in [1.165, 1.54) is 23.3 Å². The number of oxime groups is 1. The Bertz CT molecular complexity index is 796. The summed E-state index contributed by atoms with van der Waals surface area (Å²) in [5, 5.41) is 18.5. The van der Waals surface area contributed by atoms with E-state index < -0.39 is 12.0 Å². The van der Waals surface area contributed by atoms with Crippen molar-refractivity contribution in [2.45, 2.75) is 11.4 Å². The molecule has 0 spiro atoms. The molecule has 0 aliphatic carbocycles. The van der Waals surface area contributed by atoms with Gasteiger partial charge in [0.15, 0.2) is 5.13 Å². The van der Waals surface area contributed by atoms with E-state index in [0.717, 1.165) is 5.57 Å². The van der Waals surface area contributed by atoms with E-state index in [1.54, 1.807) is 17.1 Å². The highest BCUT2D eigenvalue weighted by molar-refractivity contribution is 14.1. The van der Waals surface area contributed by atoms with Crippen LogP contribution in [0.15, 0.2) is 21.8 Å². The fourth-order valence-electron chi connectivity index (χ4n) is 2.75. The zero-order chi connectivity index (χ0) is 18.8. The zero-order valence-corrected chi connectivity index (χ0v) is 17.4. The van der Waals surface area contributed by atoms with E-state index in [4.69, 9.17) is 10.6 Å². The van der Waals surface area contributed by atoms with Crippen molar-refractivity contribution in [3.05, 3.63) is 22.3 Å². The fraction of sp³-hybridized carbons (Fsp3) is 0.429. The molecule has 1 aromatic rings. The van der Waals surface area contributed by atoms with Gasteiger partial charge in [-0.15, -0.1) is 23.1 Å². The summed E-state index contributed by atoms with van der Waals surface area (Å²) in [4.78, 5) is 34.5. The number of amides is 1. The number of hydrogen-bond donors (Lipinski definition) is 3. The van der Waals surface area contributed by atoms with Gasteiger partial charge in [0, 0.05) is 22.1 Å². The number of β-lactam (4-membered cyclic amide) rings is 1. The molecule has 1 aromatic heterocycles. The predicted octanol–water partition coefficient (Wildman–Crippen LogP) is 0.723. The quantitative estimate of drug-likeness (QED) is 0.161. The molecule has 4 N–H and O–H groups in total. The van der Waals surface area contributed by atoms with Crippen LogP contribution >= 0.6 is 45.7 Å². The number of carbonyl (C=O) groups is 2. The van der Waals surface area contributed by atoms with Crippen molar-refractivity contribution in [3.8, 4) is 0 Å². The van der Waals surface area contributed by atoms with Crippen LogP contribution in [0.3, 0.4) is 0 Å². The number of hydrogen-bond acceptors (Lipinski definition) is 9. The monoisotopic (exact) mass is 509 g/mol. The number of aromatic nitrogens is 1. The molecule has 1 amide bonds. The number of nitrogens with zero attached hydrogens (tertiary/aromatic N) is 3. The number of fused-ring (bicyclic) bond motifs is 1. The number of carboxylic acid groups (broad SMARTS) is 1. The van der Waals surface area contributed by atoms with Crippen LogP contribution in [0.25, 0.3) is 0 Å². The SMILES string of the molecule is CO/N=C(\CN[C@@H]1C(=O)N2C(C(=O)O)=C(CI)CS[C@H]12)c1csc(N)n1. The van der Waals surface area contributed by atoms with E-state index in [-0.39, 0.29) is 23.5 Å². The van der Waals surface area contributed by atoms with Crippen LogP contribution in [0.2, 0.25) is 0 Å². The third-order valence-electron chi connectivity index (χ3n) is 3.92. The molecule has 2 aliphatic rings. The molecule has 9 nitrogen and oxygen atoms in total. The van der Waals surface area contributed by atoms with Gasteiger partial charge in [-0.3, -0.25) is 15.0 Å². The molecule has 3 heterocycles. The number of alkyl halides is 1. The molecule has 0 saturated carbocycles.